The van der Waals surface area contributed by atoms with Gasteiger partial charge in [0.1, 0.15) is 41.9 Å². The Balaban J connectivity index is 1.86. The Morgan fingerprint density at radius 3 is 2.04 bits per heavy atom. The lowest BCUT2D eigenvalue weighted by Crippen LogP contribution is -2.64. The number of rotatable bonds is 10. The molecule has 0 radical (unpaired) electrons. The lowest BCUT2D eigenvalue weighted by Gasteiger charge is -2.33. The number of fused-ring (bicyclic) bond motifs is 2. The summed E-state index contributed by atoms with van der Waals surface area (Å²) in [7, 11) is -5.23. The number of hydrogen-bond acceptors (Lipinski definition) is 19. The van der Waals surface area contributed by atoms with Gasteiger partial charge in [0.25, 0.3) is 0 Å². The quantitative estimate of drug-likeness (QED) is 0.0971. The van der Waals surface area contributed by atoms with Gasteiger partial charge in [-0.05, 0) is 45.4 Å². The van der Waals surface area contributed by atoms with Gasteiger partial charge in [-0.15, -0.1) is 0 Å². The van der Waals surface area contributed by atoms with Crippen LogP contribution in [0.15, 0.2) is 18.2 Å². The molecule has 0 bridgehead atoms. The highest BCUT2D eigenvalue weighted by Crippen LogP contribution is 2.30. The third-order valence-electron chi connectivity index (χ3n) is 11.2. The number of amides is 7. The van der Waals surface area contributed by atoms with Crippen LogP contribution in [-0.2, 0) is 55.1 Å². The number of alkyl carbamates (subject to hydrolysis) is 1. The zero-order valence-electron chi connectivity index (χ0n) is 37.9. The Bertz CT molecular complexity index is 2230. The number of aromatic hydroxyl groups is 1. The van der Waals surface area contributed by atoms with Crippen molar-refractivity contribution in [3.8, 4) is 11.5 Å². The topological polar surface area (TPSA) is 438 Å². The summed E-state index contributed by atoms with van der Waals surface area (Å²) in [6.45, 7) is 5.16. The van der Waals surface area contributed by atoms with Crippen LogP contribution in [0, 0.1) is 5.92 Å². The van der Waals surface area contributed by atoms with E-state index in [1.54, 1.807) is 0 Å². The van der Waals surface area contributed by atoms with Gasteiger partial charge in [-0.2, -0.15) is 8.42 Å². The van der Waals surface area contributed by atoms with Crippen LogP contribution in [0.4, 0.5) is 4.79 Å². The minimum Gasteiger partial charge on any atom is -0.504 e. The molecule has 3 fully saturated rings. The summed E-state index contributed by atoms with van der Waals surface area (Å²) in [6, 6.07) is -9.24. The van der Waals surface area contributed by atoms with Crippen molar-refractivity contribution in [1.82, 2.24) is 36.4 Å². The standard InChI is InChI=1S/C40H59N7O21S/c1-16-14-47-31(32(16)56)36(60)41-13-19(49)10-21(42-39(63)67-40(3,4)5)33(57)43-28(17(2)48)37(61)46-15-20(50)11-22(46)34(58)44-29(35(59)45-30(38(47)62)25(53)12-27(54)55)24(52)8-18-6-7-23(51)26(9-18)68-69(64,65)66/h6-7,9,16-17,19-22,24-25,28-32,48-53,56H,8,10-15H2,1-5H3,(H,41,60)(H,42,63)(H,43,57)(H,44,58)(H,45,59)(H,54,55)(H,64,65,66)/t16-,17+,19+,20+,21-,22-,24+,25+,28?,29-,30-,31-,32-/m0/s1. The molecule has 1 aromatic carbocycles. The summed E-state index contributed by atoms with van der Waals surface area (Å²) in [6.07, 6.45) is -15.6. The summed E-state index contributed by atoms with van der Waals surface area (Å²) in [5, 5.41) is 97.4. The maximum Gasteiger partial charge on any atom is 0.446 e. The fraction of sp³-hybridized carbons (Fsp3) is 0.650. The average Bonchev–Trinajstić information content (AvgIpc) is 3.76. The van der Waals surface area contributed by atoms with E-state index >= 15 is 0 Å². The second kappa shape index (κ2) is 22.6. The molecule has 0 saturated carbocycles. The summed E-state index contributed by atoms with van der Waals surface area (Å²) in [4.78, 5) is 111. The fourth-order valence-corrected chi connectivity index (χ4v) is 8.25. The smallest absolute Gasteiger partial charge is 0.446 e. The molecule has 69 heavy (non-hydrogen) atoms. The highest BCUT2D eigenvalue weighted by atomic mass is 32.3. The molecule has 28 nitrogen and oxygen atoms in total. The second-order valence-corrected chi connectivity index (χ2v) is 19.1. The normalized spacial score (nSPS) is 29.4. The summed E-state index contributed by atoms with van der Waals surface area (Å²) >= 11 is 0. The van der Waals surface area contributed by atoms with Gasteiger partial charge in [-0.3, -0.25) is 38.1 Å². The second-order valence-electron chi connectivity index (χ2n) is 18.1. The van der Waals surface area contributed by atoms with E-state index in [0.29, 0.717) is 9.80 Å². The number of nitrogens with zero attached hydrogens (tertiary/aromatic N) is 2. The van der Waals surface area contributed by atoms with Crippen LogP contribution in [-0.4, -0.2) is 209 Å². The Morgan fingerprint density at radius 1 is 0.841 bits per heavy atom. The largest absolute Gasteiger partial charge is 0.504 e. The van der Waals surface area contributed by atoms with Gasteiger partial charge in [-0.25, -0.2) is 4.79 Å². The van der Waals surface area contributed by atoms with Gasteiger partial charge in [0.15, 0.2) is 11.5 Å². The van der Waals surface area contributed by atoms with Crippen LogP contribution in [0.2, 0.25) is 0 Å². The highest BCUT2D eigenvalue weighted by Gasteiger charge is 2.50. The number of phenols is 1. The van der Waals surface area contributed by atoms with Gasteiger partial charge in [0.05, 0.1) is 43.0 Å². The number of carboxylic acid groups (broad SMARTS) is 1. The van der Waals surface area contributed by atoms with E-state index in [1.165, 1.54) is 27.7 Å². The Labute approximate surface area is 394 Å². The molecule has 3 aliphatic rings. The lowest BCUT2D eigenvalue weighted by molar-refractivity contribution is -0.149. The molecule has 13 atom stereocenters. The number of ether oxygens (including phenoxy) is 1. The molecule has 4 rings (SSSR count). The van der Waals surface area contributed by atoms with E-state index in [-0.39, 0.29) is 5.56 Å². The molecule has 29 heteroatoms. The summed E-state index contributed by atoms with van der Waals surface area (Å²) < 4.78 is 41.6. The third kappa shape index (κ3) is 15.0. The number of carbonyl (C=O) groups is 8. The van der Waals surface area contributed by atoms with Crippen LogP contribution in [0.1, 0.15) is 59.4 Å². The first kappa shape index (κ1) is 55.6. The van der Waals surface area contributed by atoms with Crippen molar-refractivity contribution in [2.45, 2.75) is 139 Å². The van der Waals surface area contributed by atoms with Crippen LogP contribution >= 0.6 is 0 Å². The van der Waals surface area contributed by atoms with Gasteiger partial charge < -0.3 is 86.2 Å². The third-order valence-corrected chi connectivity index (χ3v) is 11.6. The first-order valence-electron chi connectivity index (χ1n) is 21.5. The van der Waals surface area contributed by atoms with Gasteiger partial charge in [0, 0.05) is 44.8 Å². The van der Waals surface area contributed by atoms with E-state index in [1.807, 2.05) is 0 Å². The van der Waals surface area contributed by atoms with Gasteiger partial charge >= 0.3 is 22.5 Å². The highest BCUT2D eigenvalue weighted by molar-refractivity contribution is 7.81. The molecular weight excluding hydrogens is 947 g/mol. The number of hydrogen-bond donors (Lipinski definition) is 14. The minimum atomic E-state index is -5.23. The number of benzene rings is 1. The SMILES string of the molecule is C[C@@H](O)C1NC(=O)[C@@H](NC(=O)OC(C)(C)C)C[C@@H](O)CNC(=O)[C@@H]2[C@@H](O)[C@@H](C)CN2C(=O)[C@H]([C@H](O)CC(=O)O)NC(=O)[C@H]([C@H](O)Cc2ccc(O)c(OS(=O)(=O)O)c2)NC(=O)[C@@H]2C[C@@H](O)CN2C1=O. The molecule has 0 spiro atoms. The Hall–Kier alpha value is -5.95. The maximum absolute atomic E-state index is 14.4. The van der Waals surface area contributed by atoms with Crippen molar-refractivity contribution in [3.05, 3.63) is 23.8 Å². The van der Waals surface area contributed by atoms with E-state index in [4.69, 9.17) is 4.74 Å². The molecule has 7 amide bonds. The number of aliphatic hydroxyl groups is 6. The van der Waals surface area contributed by atoms with Crippen molar-refractivity contribution < 1.29 is 101 Å². The molecule has 3 heterocycles. The first-order valence-corrected chi connectivity index (χ1v) is 22.8. The molecule has 1 aromatic rings. The maximum atomic E-state index is 14.4. The van der Waals surface area contributed by atoms with Crippen molar-refractivity contribution in [2.24, 2.45) is 5.92 Å². The zero-order valence-corrected chi connectivity index (χ0v) is 38.7. The predicted molar refractivity (Wildman–Crippen MR) is 229 cm³/mol. The lowest BCUT2D eigenvalue weighted by atomic mass is 9.98. The number of aliphatic hydroxyl groups excluding tert-OH is 6. The van der Waals surface area contributed by atoms with Crippen molar-refractivity contribution >= 4 is 57.9 Å². The summed E-state index contributed by atoms with van der Waals surface area (Å²) in [5.74, 6) is -12.0. The molecule has 3 saturated heterocycles. The van der Waals surface area contributed by atoms with E-state index in [2.05, 4.69) is 30.8 Å². The fourth-order valence-electron chi connectivity index (χ4n) is 7.89. The molecule has 14 N–H and O–H groups in total. The van der Waals surface area contributed by atoms with E-state index in [0.717, 1.165) is 25.1 Å². The molecular formula is C40H59N7O21S. The predicted octanol–water partition coefficient (Wildman–Crippen LogP) is -5.91. The van der Waals surface area contributed by atoms with Crippen molar-refractivity contribution in [1.29, 1.82) is 0 Å². The van der Waals surface area contributed by atoms with E-state index in [9.17, 15) is 92.2 Å². The van der Waals surface area contributed by atoms with E-state index < -0.39 is 199 Å². The first-order chi connectivity index (χ1) is 31.9. The number of carboxylic acids is 1. The van der Waals surface area contributed by atoms with Gasteiger partial charge in [-0.1, -0.05) is 13.0 Å². The number of phenolic OH excluding ortho intramolecular Hbond substituents is 1. The molecule has 1 unspecified atom stereocenters. The van der Waals surface area contributed by atoms with Crippen molar-refractivity contribution in [2.75, 3.05) is 19.6 Å². The Morgan fingerprint density at radius 2 is 1.45 bits per heavy atom. The van der Waals surface area contributed by atoms with Crippen LogP contribution in [0.5, 0.6) is 11.5 Å². The average molecular weight is 1010 g/mol. The monoisotopic (exact) mass is 1010 g/mol. The molecule has 386 valence electrons. The number of carbonyl (C=O) groups excluding carboxylic acids is 7. The zero-order chi connectivity index (χ0) is 52.0. The molecule has 0 aromatic heterocycles. The number of β-amino-alcohol motifs (C(OH)–C–C–N with tert-alkyl or cyclic N) is 1. The molecule has 3 aliphatic heterocycles. The van der Waals surface area contributed by atoms with Crippen LogP contribution in [0.3, 0.4) is 0 Å². The van der Waals surface area contributed by atoms with Crippen LogP contribution in [0.25, 0.3) is 0 Å². The van der Waals surface area contributed by atoms with Gasteiger partial charge in [0.2, 0.25) is 35.4 Å². The van der Waals surface area contributed by atoms with Crippen LogP contribution < -0.4 is 30.8 Å². The molecule has 0 aliphatic carbocycles. The number of aliphatic carboxylic acids is 1. The minimum absolute atomic E-state index is 0.149. The van der Waals surface area contributed by atoms with Crippen molar-refractivity contribution in [3.63, 3.8) is 0 Å². The summed E-state index contributed by atoms with van der Waals surface area (Å²) in [5.41, 5.74) is -1.26. The Kier molecular flexibility index (Phi) is 18.3. The number of nitrogens with one attached hydrogen (secondary N) is 5.